The standard InChI is InChI=1S/C11H21N4/c1-3-11(2)4-15-8-12-5-13(9-15)7-14(6-12)10-15/h3H,4-10H2,1-2H3/q+1. The molecule has 0 spiro atoms. The van der Waals surface area contributed by atoms with E-state index in [0.29, 0.717) is 0 Å². The van der Waals surface area contributed by atoms with E-state index in [1.54, 1.807) is 0 Å². The van der Waals surface area contributed by atoms with Crippen LogP contribution in [0.25, 0.3) is 0 Å². The largest absolute Gasteiger partial charge is 0.282 e. The number of nitrogens with zero attached hydrogens (tertiary/aromatic N) is 4. The van der Waals surface area contributed by atoms with Gasteiger partial charge in [0.15, 0.2) is 0 Å². The van der Waals surface area contributed by atoms with Crippen molar-refractivity contribution < 1.29 is 4.48 Å². The Hall–Kier alpha value is -0.420. The smallest absolute Gasteiger partial charge is 0.139 e. The molecule has 4 saturated heterocycles. The number of allylic oxidation sites excluding steroid dienone is 1. The molecule has 0 saturated carbocycles. The predicted octanol–water partition coefficient (Wildman–Crippen LogP) is 0.461. The molecule has 4 heterocycles. The first-order chi connectivity index (χ1) is 7.19. The van der Waals surface area contributed by atoms with Crippen LogP contribution in [0.3, 0.4) is 0 Å². The first-order valence-electron chi connectivity index (χ1n) is 5.83. The van der Waals surface area contributed by atoms with Crippen molar-refractivity contribution in [2.45, 2.75) is 13.8 Å². The summed E-state index contributed by atoms with van der Waals surface area (Å²) < 4.78 is 1.23. The van der Waals surface area contributed by atoms with Gasteiger partial charge in [0.05, 0.1) is 20.0 Å². The van der Waals surface area contributed by atoms with Crippen molar-refractivity contribution in [3.63, 3.8) is 0 Å². The Labute approximate surface area is 91.9 Å². The molecule has 0 aromatic heterocycles. The zero-order valence-corrected chi connectivity index (χ0v) is 9.82. The van der Waals surface area contributed by atoms with Gasteiger partial charge in [-0.05, 0) is 19.4 Å². The van der Waals surface area contributed by atoms with E-state index in [0.717, 1.165) is 0 Å². The summed E-state index contributed by atoms with van der Waals surface area (Å²) in [6, 6.07) is 0. The van der Waals surface area contributed by atoms with Crippen LogP contribution in [0.1, 0.15) is 13.8 Å². The summed E-state index contributed by atoms with van der Waals surface area (Å²) in [4.78, 5) is 7.71. The molecule has 0 atom stereocenters. The highest BCUT2D eigenvalue weighted by Gasteiger charge is 2.48. The van der Waals surface area contributed by atoms with Crippen molar-refractivity contribution in [1.29, 1.82) is 0 Å². The fourth-order valence-electron chi connectivity index (χ4n) is 3.43. The maximum Gasteiger partial charge on any atom is 0.139 e. The number of rotatable bonds is 2. The van der Waals surface area contributed by atoms with Gasteiger partial charge in [0.2, 0.25) is 0 Å². The second kappa shape index (κ2) is 3.28. The third-order valence-corrected chi connectivity index (χ3v) is 3.78. The molecule has 0 N–H and O–H groups in total. The minimum atomic E-state index is 1.19. The summed E-state index contributed by atoms with van der Waals surface area (Å²) >= 11 is 0. The molecular weight excluding hydrogens is 188 g/mol. The van der Waals surface area contributed by atoms with E-state index in [1.165, 1.54) is 56.6 Å². The quantitative estimate of drug-likeness (QED) is 0.483. The van der Waals surface area contributed by atoms with Crippen LogP contribution >= 0.6 is 0 Å². The highest BCUT2D eigenvalue weighted by molar-refractivity contribution is 4.96. The van der Waals surface area contributed by atoms with Gasteiger partial charge in [0.1, 0.15) is 26.6 Å². The van der Waals surface area contributed by atoms with Crippen LogP contribution in [0.4, 0.5) is 0 Å². The molecule has 84 valence electrons. The molecule has 4 nitrogen and oxygen atoms in total. The third-order valence-electron chi connectivity index (χ3n) is 3.78. The van der Waals surface area contributed by atoms with Crippen LogP contribution in [0.5, 0.6) is 0 Å². The Bertz CT molecular complexity index is 262. The minimum absolute atomic E-state index is 1.19. The molecule has 0 aliphatic carbocycles. The summed E-state index contributed by atoms with van der Waals surface area (Å²) in [6.07, 6.45) is 2.26. The maximum absolute atomic E-state index is 2.57. The molecule has 15 heavy (non-hydrogen) atoms. The van der Waals surface area contributed by atoms with Crippen LogP contribution in [-0.4, -0.2) is 65.7 Å². The maximum atomic E-state index is 2.57. The van der Waals surface area contributed by atoms with E-state index < -0.39 is 0 Å². The van der Waals surface area contributed by atoms with Crippen molar-refractivity contribution in [3.05, 3.63) is 11.6 Å². The summed E-state index contributed by atoms with van der Waals surface area (Å²) in [6.45, 7) is 12.9. The Morgan fingerprint density at radius 3 is 1.93 bits per heavy atom. The van der Waals surface area contributed by atoms with Gasteiger partial charge in [-0.25, -0.2) is 14.7 Å². The molecular formula is C11H21N4+. The van der Waals surface area contributed by atoms with Crippen molar-refractivity contribution in [1.82, 2.24) is 14.7 Å². The highest BCUT2D eigenvalue weighted by Crippen LogP contribution is 2.29. The molecule has 0 unspecified atom stereocenters. The Morgan fingerprint density at radius 1 is 1.07 bits per heavy atom. The second-order valence-electron chi connectivity index (χ2n) is 5.50. The van der Waals surface area contributed by atoms with Gasteiger partial charge in [-0.15, -0.1) is 0 Å². The summed E-state index contributed by atoms with van der Waals surface area (Å²) in [5, 5.41) is 0. The van der Waals surface area contributed by atoms with Gasteiger partial charge in [-0.3, -0.25) is 4.48 Å². The molecule has 4 fully saturated rings. The van der Waals surface area contributed by atoms with Crippen LogP contribution in [0, 0.1) is 0 Å². The van der Waals surface area contributed by atoms with Crippen molar-refractivity contribution in [2.75, 3.05) is 46.6 Å². The Morgan fingerprint density at radius 2 is 1.53 bits per heavy atom. The van der Waals surface area contributed by atoms with Gasteiger partial charge in [0, 0.05) is 0 Å². The number of quaternary nitrogens is 1. The number of hydrogen-bond acceptors (Lipinski definition) is 3. The SMILES string of the molecule is CC=C(C)C[N+]12CN3CN(CN(C3)C1)C2. The summed E-state index contributed by atoms with van der Waals surface area (Å²) in [7, 11) is 0. The Kier molecular flexibility index (Phi) is 2.14. The van der Waals surface area contributed by atoms with Gasteiger partial charge in [-0.1, -0.05) is 6.08 Å². The lowest BCUT2D eigenvalue weighted by atomic mass is 10.2. The van der Waals surface area contributed by atoms with E-state index in [9.17, 15) is 0 Å². The highest BCUT2D eigenvalue weighted by atomic mass is 15.7. The molecule has 4 aliphatic heterocycles. The molecule has 0 radical (unpaired) electrons. The minimum Gasteiger partial charge on any atom is -0.282 e. The zero-order valence-electron chi connectivity index (χ0n) is 9.82. The summed E-state index contributed by atoms with van der Waals surface area (Å²) in [5.41, 5.74) is 1.53. The average molecular weight is 209 g/mol. The van der Waals surface area contributed by atoms with E-state index in [-0.39, 0.29) is 0 Å². The lowest BCUT2D eigenvalue weighted by Gasteiger charge is -2.60. The predicted molar refractivity (Wildman–Crippen MR) is 59.3 cm³/mol. The van der Waals surface area contributed by atoms with E-state index in [2.05, 4.69) is 34.6 Å². The van der Waals surface area contributed by atoms with E-state index >= 15 is 0 Å². The molecule has 0 aromatic rings. The van der Waals surface area contributed by atoms with Crippen LogP contribution in [0.15, 0.2) is 11.6 Å². The normalized spacial score (nSPS) is 48.7. The second-order valence-corrected chi connectivity index (χ2v) is 5.50. The summed E-state index contributed by atoms with van der Waals surface area (Å²) in [5.74, 6) is 0. The van der Waals surface area contributed by atoms with E-state index in [1.807, 2.05) is 0 Å². The van der Waals surface area contributed by atoms with Crippen LogP contribution < -0.4 is 0 Å². The lowest BCUT2D eigenvalue weighted by Crippen LogP contribution is -2.79. The van der Waals surface area contributed by atoms with Crippen molar-refractivity contribution >= 4 is 0 Å². The van der Waals surface area contributed by atoms with Crippen molar-refractivity contribution in [3.8, 4) is 0 Å². The molecule has 4 rings (SSSR count). The van der Waals surface area contributed by atoms with Gasteiger partial charge in [0.25, 0.3) is 0 Å². The first kappa shape index (κ1) is 9.78. The van der Waals surface area contributed by atoms with Crippen LogP contribution in [-0.2, 0) is 0 Å². The fourth-order valence-corrected chi connectivity index (χ4v) is 3.43. The Balaban J connectivity index is 1.81. The molecule has 4 aliphatic rings. The molecule has 0 amide bonds. The van der Waals surface area contributed by atoms with Gasteiger partial charge >= 0.3 is 0 Å². The topological polar surface area (TPSA) is 9.72 Å². The zero-order chi connectivity index (χ0) is 10.5. The fraction of sp³-hybridized carbons (Fsp3) is 0.818. The third kappa shape index (κ3) is 1.61. The van der Waals surface area contributed by atoms with Crippen molar-refractivity contribution in [2.24, 2.45) is 0 Å². The molecule has 4 heteroatoms. The van der Waals surface area contributed by atoms with Gasteiger partial charge < -0.3 is 0 Å². The molecule has 4 bridgehead atoms. The average Bonchev–Trinajstić information content (AvgIpc) is 2.14. The number of hydrogen-bond donors (Lipinski definition) is 0. The lowest BCUT2D eigenvalue weighted by molar-refractivity contribution is -0.976. The van der Waals surface area contributed by atoms with Crippen LogP contribution in [0.2, 0.25) is 0 Å². The van der Waals surface area contributed by atoms with Gasteiger partial charge in [-0.2, -0.15) is 0 Å². The first-order valence-corrected chi connectivity index (χ1v) is 5.83. The molecule has 0 aromatic carbocycles. The monoisotopic (exact) mass is 209 g/mol. The van der Waals surface area contributed by atoms with E-state index in [4.69, 9.17) is 0 Å².